The molecule has 162 valence electrons. The number of benzene rings is 2. The summed E-state index contributed by atoms with van der Waals surface area (Å²) in [5.74, 6) is 1.41. The zero-order valence-electron chi connectivity index (χ0n) is 17.6. The van der Waals surface area contributed by atoms with Gasteiger partial charge in [0.2, 0.25) is 16.8 Å². The first-order valence-corrected chi connectivity index (χ1v) is 11.6. The monoisotopic (exact) mass is 432 g/mol. The molecule has 2 aromatic carbocycles. The zero-order valence-corrected chi connectivity index (χ0v) is 18.4. The van der Waals surface area contributed by atoms with Gasteiger partial charge in [-0.25, -0.2) is 13.1 Å². The Morgan fingerprint density at radius 3 is 2.37 bits per heavy atom. The number of nitrogens with one attached hydrogen (secondary N) is 1. The van der Waals surface area contributed by atoms with Crippen LogP contribution in [-0.2, 0) is 14.8 Å². The van der Waals surface area contributed by atoms with Crippen LogP contribution >= 0.6 is 0 Å². The number of morpholine rings is 1. The first-order valence-electron chi connectivity index (χ1n) is 10.1. The molecule has 0 aliphatic carbocycles. The zero-order chi connectivity index (χ0) is 21.3. The highest BCUT2D eigenvalue weighted by atomic mass is 32.2. The maximum atomic E-state index is 13.2. The molecular formula is C22H28N2O5S. The molecule has 0 radical (unpaired) electrons. The molecule has 2 heterocycles. The van der Waals surface area contributed by atoms with Crippen molar-refractivity contribution >= 4 is 10.0 Å². The molecule has 0 spiro atoms. The Morgan fingerprint density at radius 1 is 1.00 bits per heavy atom. The average molecular weight is 433 g/mol. The van der Waals surface area contributed by atoms with Crippen molar-refractivity contribution in [1.82, 2.24) is 9.62 Å². The fourth-order valence-corrected chi connectivity index (χ4v) is 5.81. The topological polar surface area (TPSA) is 77.1 Å². The standard InChI is InChI=1S/C22H28N2O5S/c1-15-10-16(2)22(17(3)11-15)30(25,26)23-13-19(24-6-8-27-9-7-24)18-4-5-20-21(12-18)29-14-28-20/h4-5,10-12,19,23H,6-9,13-14H2,1-3H3/t19-/m0/s1. The first-order chi connectivity index (χ1) is 14.3. The van der Waals surface area contributed by atoms with Gasteiger partial charge in [-0.15, -0.1) is 0 Å². The van der Waals surface area contributed by atoms with Crippen molar-refractivity contribution < 1.29 is 22.6 Å². The molecule has 0 saturated carbocycles. The van der Waals surface area contributed by atoms with E-state index in [2.05, 4.69) is 9.62 Å². The van der Waals surface area contributed by atoms with Crippen molar-refractivity contribution in [1.29, 1.82) is 0 Å². The van der Waals surface area contributed by atoms with Crippen molar-refractivity contribution in [2.75, 3.05) is 39.6 Å². The molecule has 0 aromatic heterocycles. The summed E-state index contributed by atoms with van der Waals surface area (Å²) >= 11 is 0. The second-order valence-corrected chi connectivity index (χ2v) is 9.56. The highest BCUT2D eigenvalue weighted by Crippen LogP contribution is 2.35. The molecule has 1 atom stereocenters. The van der Waals surface area contributed by atoms with Gasteiger partial charge in [0.1, 0.15) is 0 Å². The van der Waals surface area contributed by atoms with E-state index in [0.29, 0.717) is 29.6 Å². The van der Waals surface area contributed by atoms with E-state index >= 15 is 0 Å². The lowest BCUT2D eigenvalue weighted by atomic mass is 10.0. The molecule has 7 nitrogen and oxygen atoms in total. The number of hydrogen-bond acceptors (Lipinski definition) is 6. The van der Waals surface area contributed by atoms with Crippen LogP contribution in [-0.4, -0.2) is 53.0 Å². The Labute approximate surface area is 178 Å². The highest BCUT2D eigenvalue weighted by molar-refractivity contribution is 7.89. The van der Waals surface area contributed by atoms with E-state index in [-0.39, 0.29) is 19.4 Å². The Balaban J connectivity index is 1.61. The predicted octanol–water partition coefficient (Wildman–Crippen LogP) is 2.69. The summed E-state index contributed by atoms with van der Waals surface area (Å²) < 4.78 is 45.7. The van der Waals surface area contributed by atoms with Crippen LogP contribution in [0.1, 0.15) is 28.3 Å². The van der Waals surface area contributed by atoms with Crippen molar-refractivity contribution in [3.63, 3.8) is 0 Å². The largest absolute Gasteiger partial charge is 0.454 e. The third-order valence-corrected chi connectivity index (χ3v) is 7.34. The Bertz CT molecular complexity index is 1010. The van der Waals surface area contributed by atoms with E-state index in [0.717, 1.165) is 35.3 Å². The summed E-state index contributed by atoms with van der Waals surface area (Å²) in [6, 6.07) is 9.47. The van der Waals surface area contributed by atoms with Crippen molar-refractivity contribution in [2.45, 2.75) is 31.7 Å². The number of fused-ring (bicyclic) bond motifs is 1. The lowest BCUT2D eigenvalue weighted by Gasteiger charge is -2.35. The van der Waals surface area contributed by atoms with Crippen LogP contribution in [0, 0.1) is 20.8 Å². The summed E-state index contributed by atoms with van der Waals surface area (Å²) in [6.45, 7) is 8.85. The fraction of sp³-hybridized carbons (Fsp3) is 0.455. The number of hydrogen-bond donors (Lipinski definition) is 1. The van der Waals surface area contributed by atoms with E-state index in [9.17, 15) is 8.42 Å². The molecule has 1 fully saturated rings. The van der Waals surface area contributed by atoms with Gasteiger partial charge in [0.15, 0.2) is 11.5 Å². The molecule has 2 aliphatic rings. The van der Waals surface area contributed by atoms with E-state index in [1.54, 1.807) is 0 Å². The summed E-state index contributed by atoms with van der Waals surface area (Å²) in [5, 5.41) is 0. The molecule has 8 heteroatoms. The average Bonchev–Trinajstić information content (AvgIpc) is 3.16. The summed E-state index contributed by atoms with van der Waals surface area (Å²) in [5.41, 5.74) is 3.55. The minimum absolute atomic E-state index is 0.135. The second-order valence-electron chi connectivity index (χ2n) is 7.86. The number of sulfonamides is 1. The number of ether oxygens (including phenoxy) is 3. The van der Waals surface area contributed by atoms with E-state index in [1.807, 2.05) is 51.1 Å². The molecule has 1 saturated heterocycles. The van der Waals surface area contributed by atoms with Gasteiger partial charge in [0.25, 0.3) is 0 Å². The van der Waals surface area contributed by atoms with E-state index < -0.39 is 10.0 Å². The minimum Gasteiger partial charge on any atom is -0.454 e. The Kier molecular flexibility index (Phi) is 6.02. The fourth-order valence-electron chi connectivity index (χ4n) is 4.32. The minimum atomic E-state index is -3.66. The Morgan fingerprint density at radius 2 is 1.67 bits per heavy atom. The SMILES string of the molecule is Cc1cc(C)c(S(=O)(=O)NC[C@@H](c2ccc3c(c2)OCO3)N2CCOCC2)c(C)c1. The first kappa shape index (κ1) is 21.1. The van der Waals surface area contributed by atoms with E-state index in [4.69, 9.17) is 14.2 Å². The third kappa shape index (κ3) is 4.32. The quantitative estimate of drug-likeness (QED) is 0.756. The van der Waals surface area contributed by atoms with Gasteiger partial charge < -0.3 is 14.2 Å². The molecule has 4 rings (SSSR count). The van der Waals surface area contributed by atoms with Crippen LogP contribution in [0.15, 0.2) is 35.2 Å². The predicted molar refractivity (Wildman–Crippen MR) is 114 cm³/mol. The summed E-state index contributed by atoms with van der Waals surface area (Å²) in [6.07, 6.45) is 0. The molecule has 2 aromatic rings. The van der Waals surface area contributed by atoms with Gasteiger partial charge in [-0.05, 0) is 49.6 Å². The van der Waals surface area contributed by atoms with Crippen LogP contribution in [0.25, 0.3) is 0 Å². The maximum absolute atomic E-state index is 13.2. The van der Waals surface area contributed by atoms with E-state index in [1.165, 1.54) is 0 Å². The molecule has 0 unspecified atom stereocenters. The summed E-state index contributed by atoms with van der Waals surface area (Å²) in [4.78, 5) is 2.61. The molecule has 0 amide bonds. The van der Waals surface area contributed by atoms with Gasteiger partial charge >= 0.3 is 0 Å². The van der Waals surface area contributed by atoms with Gasteiger partial charge in [-0.1, -0.05) is 23.8 Å². The van der Waals surface area contributed by atoms with Crippen LogP contribution in [0.2, 0.25) is 0 Å². The van der Waals surface area contributed by atoms with Crippen LogP contribution in [0.4, 0.5) is 0 Å². The molecular weight excluding hydrogens is 404 g/mol. The lowest BCUT2D eigenvalue weighted by Crippen LogP contribution is -2.43. The van der Waals surface area contributed by atoms with Crippen molar-refractivity contribution in [3.05, 3.63) is 52.6 Å². The highest BCUT2D eigenvalue weighted by Gasteiger charge is 2.28. The number of nitrogens with zero attached hydrogens (tertiary/aromatic N) is 1. The number of aryl methyl sites for hydroxylation is 3. The molecule has 1 N–H and O–H groups in total. The lowest BCUT2D eigenvalue weighted by molar-refractivity contribution is 0.0171. The number of rotatable bonds is 6. The van der Waals surface area contributed by atoms with Crippen LogP contribution < -0.4 is 14.2 Å². The normalized spacial score (nSPS) is 17.8. The van der Waals surface area contributed by atoms with Gasteiger partial charge in [0.05, 0.1) is 18.1 Å². The molecule has 2 aliphatic heterocycles. The summed E-state index contributed by atoms with van der Waals surface area (Å²) in [7, 11) is -3.66. The maximum Gasteiger partial charge on any atom is 0.241 e. The van der Waals surface area contributed by atoms with Gasteiger partial charge in [-0.3, -0.25) is 4.90 Å². The van der Waals surface area contributed by atoms with Crippen LogP contribution in [0.3, 0.4) is 0 Å². The third-order valence-electron chi connectivity index (χ3n) is 5.61. The Hall–Kier alpha value is -2.13. The van der Waals surface area contributed by atoms with Gasteiger partial charge in [0, 0.05) is 25.7 Å². The van der Waals surface area contributed by atoms with Crippen LogP contribution in [0.5, 0.6) is 11.5 Å². The van der Waals surface area contributed by atoms with Crippen molar-refractivity contribution in [3.8, 4) is 11.5 Å². The molecule has 0 bridgehead atoms. The van der Waals surface area contributed by atoms with Gasteiger partial charge in [-0.2, -0.15) is 0 Å². The second kappa shape index (κ2) is 8.55. The van der Waals surface area contributed by atoms with Crippen molar-refractivity contribution in [2.24, 2.45) is 0 Å². The smallest absolute Gasteiger partial charge is 0.241 e. The molecule has 30 heavy (non-hydrogen) atoms.